The van der Waals surface area contributed by atoms with Gasteiger partial charge in [0.2, 0.25) is 0 Å². The highest BCUT2D eigenvalue weighted by Gasteiger charge is 2.21. The van der Waals surface area contributed by atoms with E-state index in [0.29, 0.717) is 0 Å². The Hall–Kier alpha value is -1.36. The first-order valence-electron chi connectivity index (χ1n) is 3.49. The molecule has 0 spiro atoms. The lowest BCUT2D eigenvalue weighted by Gasteiger charge is -2.05. The Balaban J connectivity index is 2.55. The third-order valence-corrected chi connectivity index (χ3v) is 1.52. The Morgan fingerprint density at radius 3 is 2.29 bits per heavy atom. The van der Waals surface area contributed by atoms with Gasteiger partial charge >= 0.3 is 14.0 Å². The molecule has 0 saturated carbocycles. The zero-order valence-electron chi connectivity index (χ0n) is 6.86. The molecule has 1 aromatic rings. The van der Waals surface area contributed by atoms with Crippen molar-refractivity contribution < 1.29 is 28.4 Å². The highest BCUT2D eigenvalue weighted by atomic mass is 31.2. The van der Waals surface area contributed by atoms with Crippen LogP contribution in [0.3, 0.4) is 0 Å². The number of carbonyl (C=O) groups is 1. The summed E-state index contributed by atoms with van der Waals surface area (Å²) in [5.41, 5.74) is 0. The third kappa shape index (κ3) is 4.04. The van der Waals surface area contributed by atoms with Crippen molar-refractivity contribution in [3.63, 3.8) is 0 Å². The van der Waals surface area contributed by atoms with Gasteiger partial charge in [-0.05, 0) is 12.1 Å². The molecular formula is C7H7O6P. The van der Waals surface area contributed by atoms with Crippen LogP contribution in [0.2, 0.25) is 0 Å². The molecule has 0 heterocycles. The quantitative estimate of drug-likeness (QED) is 0.441. The first-order valence-corrected chi connectivity index (χ1v) is 5.02. The fourth-order valence-corrected chi connectivity index (χ4v) is 0.932. The van der Waals surface area contributed by atoms with E-state index < -0.39 is 14.0 Å². The summed E-state index contributed by atoms with van der Waals surface area (Å²) in [6, 6.07) is 7.78. The number of para-hydroxylation sites is 1. The number of benzene rings is 1. The molecule has 1 rings (SSSR count). The lowest BCUT2D eigenvalue weighted by molar-refractivity contribution is 0.133. The van der Waals surface area contributed by atoms with Crippen LogP contribution in [0.1, 0.15) is 0 Å². The van der Waals surface area contributed by atoms with Gasteiger partial charge in [0.1, 0.15) is 5.75 Å². The van der Waals surface area contributed by atoms with Gasteiger partial charge in [-0.1, -0.05) is 18.2 Å². The fourth-order valence-electron chi connectivity index (χ4n) is 0.700. The molecule has 1 aromatic carbocycles. The van der Waals surface area contributed by atoms with Gasteiger partial charge in [0, 0.05) is 0 Å². The molecule has 14 heavy (non-hydrogen) atoms. The Kier molecular flexibility index (Phi) is 3.24. The Morgan fingerprint density at radius 1 is 1.21 bits per heavy atom. The standard InChI is InChI=1S/C7H7O6P/c8-7(13-14(9,10)11)12-6-4-2-1-3-5-6/h1-5H,(H2,9,10,11). The molecule has 0 atom stereocenters. The highest BCUT2D eigenvalue weighted by molar-refractivity contribution is 7.46. The summed E-state index contributed by atoms with van der Waals surface area (Å²) in [4.78, 5) is 27.2. The van der Waals surface area contributed by atoms with Crippen LogP contribution in [-0.4, -0.2) is 15.9 Å². The molecule has 0 unspecified atom stereocenters. The molecule has 0 aliphatic heterocycles. The fraction of sp³-hybridized carbons (Fsp3) is 0. The molecule has 0 aliphatic carbocycles. The summed E-state index contributed by atoms with van der Waals surface area (Å²) in [5, 5.41) is 0. The van der Waals surface area contributed by atoms with Crippen molar-refractivity contribution in [1.82, 2.24) is 0 Å². The maximum Gasteiger partial charge on any atom is 0.529 e. The van der Waals surface area contributed by atoms with Crippen molar-refractivity contribution in [2.75, 3.05) is 0 Å². The zero-order valence-corrected chi connectivity index (χ0v) is 7.76. The normalized spacial score (nSPS) is 10.7. The van der Waals surface area contributed by atoms with Crippen LogP contribution < -0.4 is 4.74 Å². The SMILES string of the molecule is O=C(Oc1ccccc1)OP(=O)(O)O. The van der Waals surface area contributed by atoms with E-state index in [2.05, 4.69) is 9.26 Å². The highest BCUT2D eigenvalue weighted by Crippen LogP contribution is 2.36. The van der Waals surface area contributed by atoms with Gasteiger partial charge in [0.15, 0.2) is 0 Å². The van der Waals surface area contributed by atoms with Crippen LogP contribution in [-0.2, 0) is 9.09 Å². The van der Waals surface area contributed by atoms with E-state index in [0.717, 1.165) is 0 Å². The van der Waals surface area contributed by atoms with Gasteiger partial charge in [0.25, 0.3) is 0 Å². The average molecular weight is 218 g/mol. The van der Waals surface area contributed by atoms with Gasteiger partial charge < -0.3 is 9.26 Å². The summed E-state index contributed by atoms with van der Waals surface area (Å²) in [6.07, 6.45) is -1.44. The van der Waals surface area contributed by atoms with Crippen molar-refractivity contribution in [2.24, 2.45) is 0 Å². The number of rotatable bonds is 2. The molecule has 2 N–H and O–H groups in total. The number of phosphoric ester groups is 1. The topological polar surface area (TPSA) is 93.1 Å². The minimum atomic E-state index is -4.83. The maximum absolute atomic E-state index is 10.7. The summed E-state index contributed by atoms with van der Waals surface area (Å²) in [5.74, 6) is 0.144. The lowest BCUT2D eigenvalue weighted by atomic mass is 10.3. The van der Waals surface area contributed by atoms with Crippen molar-refractivity contribution in [2.45, 2.75) is 0 Å². The number of hydrogen-bond donors (Lipinski definition) is 2. The zero-order chi connectivity index (χ0) is 10.6. The van der Waals surface area contributed by atoms with Gasteiger partial charge in [0.05, 0.1) is 0 Å². The van der Waals surface area contributed by atoms with Crippen LogP contribution >= 0.6 is 7.82 Å². The molecule has 0 fully saturated rings. The van der Waals surface area contributed by atoms with Crippen molar-refractivity contribution in [1.29, 1.82) is 0 Å². The summed E-state index contributed by atoms with van der Waals surface area (Å²) >= 11 is 0. The minimum Gasteiger partial charge on any atom is -0.395 e. The molecule has 7 heteroatoms. The first kappa shape index (κ1) is 10.7. The van der Waals surface area contributed by atoms with Crippen LogP contribution in [0, 0.1) is 0 Å². The van der Waals surface area contributed by atoms with Gasteiger partial charge in [-0.15, -0.1) is 0 Å². The van der Waals surface area contributed by atoms with Crippen molar-refractivity contribution in [3.05, 3.63) is 30.3 Å². The second-order valence-corrected chi connectivity index (χ2v) is 3.41. The molecule has 0 bridgehead atoms. The molecule has 0 radical (unpaired) electrons. The number of ether oxygens (including phenoxy) is 1. The van der Waals surface area contributed by atoms with E-state index in [-0.39, 0.29) is 5.75 Å². The van der Waals surface area contributed by atoms with Gasteiger partial charge in [-0.25, -0.2) is 9.36 Å². The smallest absolute Gasteiger partial charge is 0.395 e. The molecular weight excluding hydrogens is 211 g/mol. The maximum atomic E-state index is 10.7. The number of hydrogen-bond acceptors (Lipinski definition) is 4. The van der Waals surface area contributed by atoms with Crippen LogP contribution in [0.15, 0.2) is 30.3 Å². The monoisotopic (exact) mass is 218 g/mol. The first-order chi connectivity index (χ1) is 6.47. The molecule has 6 nitrogen and oxygen atoms in total. The average Bonchev–Trinajstić information content (AvgIpc) is 2.02. The van der Waals surface area contributed by atoms with Crippen LogP contribution in [0.5, 0.6) is 5.75 Å². The van der Waals surface area contributed by atoms with E-state index in [1.807, 2.05) is 0 Å². The van der Waals surface area contributed by atoms with Gasteiger partial charge in [-0.3, -0.25) is 9.79 Å². The van der Waals surface area contributed by atoms with E-state index in [1.54, 1.807) is 18.2 Å². The summed E-state index contributed by atoms with van der Waals surface area (Å²) < 4.78 is 18.3. The molecule has 0 aliphatic rings. The lowest BCUT2D eigenvalue weighted by Crippen LogP contribution is -2.08. The van der Waals surface area contributed by atoms with E-state index in [1.165, 1.54) is 12.1 Å². The Morgan fingerprint density at radius 2 is 1.79 bits per heavy atom. The second kappa shape index (κ2) is 4.23. The Labute approximate surface area is 79.3 Å². The van der Waals surface area contributed by atoms with Crippen molar-refractivity contribution in [3.8, 4) is 5.75 Å². The summed E-state index contributed by atoms with van der Waals surface area (Å²) in [6.45, 7) is 0. The van der Waals surface area contributed by atoms with E-state index in [9.17, 15) is 9.36 Å². The van der Waals surface area contributed by atoms with Gasteiger partial charge in [-0.2, -0.15) is 0 Å². The van der Waals surface area contributed by atoms with E-state index >= 15 is 0 Å². The predicted octanol–water partition coefficient (Wildman–Crippen LogP) is 1.29. The molecule has 76 valence electrons. The predicted molar refractivity (Wildman–Crippen MR) is 45.6 cm³/mol. The van der Waals surface area contributed by atoms with Crippen LogP contribution in [0.25, 0.3) is 0 Å². The third-order valence-electron chi connectivity index (χ3n) is 1.14. The molecule has 0 saturated heterocycles. The number of phosphoric acid groups is 1. The van der Waals surface area contributed by atoms with Crippen LogP contribution in [0.4, 0.5) is 4.79 Å². The van der Waals surface area contributed by atoms with Crippen molar-refractivity contribution >= 4 is 14.0 Å². The van der Waals surface area contributed by atoms with E-state index in [4.69, 9.17) is 9.79 Å². The summed E-state index contributed by atoms with van der Waals surface area (Å²) in [7, 11) is -4.83. The second-order valence-electron chi connectivity index (χ2n) is 2.25. The number of carbonyl (C=O) groups excluding carboxylic acids is 1. The largest absolute Gasteiger partial charge is 0.529 e. The molecule has 0 aromatic heterocycles. The molecule has 0 amide bonds. The minimum absolute atomic E-state index is 0.144. The Bertz CT molecular complexity index is 356.